The highest BCUT2D eigenvalue weighted by molar-refractivity contribution is 5.23. The van der Waals surface area contributed by atoms with Gasteiger partial charge in [0.05, 0.1) is 38.6 Å². The number of aliphatic hydroxyl groups is 10. The second-order valence-electron chi connectivity index (χ2n) is 21.2. The smallest absolute Gasteiger partial charge is 0.187 e. The molecule has 0 radical (unpaired) electrons. The van der Waals surface area contributed by atoms with Crippen LogP contribution in [0, 0.1) is 46.3 Å². The number of hydrogen-bond donors (Lipinski definition) is 10. The summed E-state index contributed by atoms with van der Waals surface area (Å²) in [6, 6.07) is 0. The summed E-state index contributed by atoms with van der Waals surface area (Å²) >= 11 is 0. The summed E-state index contributed by atoms with van der Waals surface area (Å²) in [6.07, 6.45) is -13.8. The van der Waals surface area contributed by atoms with Crippen LogP contribution < -0.4 is 0 Å². The molecular weight excluding hydrogens is 816 g/mol. The van der Waals surface area contributed by atoms with E-state index in [9.17, 15) is 51.1 Å². The van der Waals surface area contributed by atoms with Gasteiger partial charge < -0.3 is 89.0 Å². The largest absolute Gasteiger partial charge is 0.394 e. The molecule has 9 fully saturated rings. The minimum Gasteiger partial charge on any atom is -0.394 e. The fourth-order valence-corrected chi connectivity index (χ4v) is 14.3. The van der Waals surface area contributed by atoms with Crippen molar-refractivity contribution in [2.24, 2.45) is 46.3 Å². The van der Waals surface area contributed by atoms with Crippen LogP contribution in [0.5, 0.6) is 0 Å². The van der Waals surface area contributed by atoms with Gasteiger partial charge in [0.1, 0.15) is 72.7 Å². The van der Waals surface area contributed by atoms with E-state index in [2.05, 4.69) is 27.7 Å². The Morgan fingerprint density at radius 3 is 2.05 bits per heavy atom. The summed E-state index contributed by atoms with van der Waals surface area (Å²) in [6.45, 7) is 7.94. The Balaban J connectivity index is 0.906. The first-order chi connectivity index (χ1) is 29.4. The molecule has 0 aromatic carbocycles. The van der Waals surface area contributed by atoms with Crippen LogP contribution in [0.2, 0.25) is 0 Å². The van der Waals surface area contributed by atoms with Gasteiger partial charge in [-0.05, 0) is 92.8 Å². The lowest BCUT2D eigenvalue weighted by molar-refractivity contribution is -0.388. The third kappa shape index (κ3) is 7.20. The molecule has 5 heterocycles. The number of hydrogen-bond acceptors (Lipinski definition) is 18. The number of ether oxygens (including phenoxy) is 8. The zero-order valence-electron chi connectivity index (χ0n) is 36.3. The van der Waals surface area contributed by atoms with Crippen LogP contribution in [0.25, 0.3) is 0 Å². The van der Waals surface area contributed by atoms with Crippen LogP contribution in [0.1, 0.15) is 91.9 Å². The van der Waals surface area contributed by atoms with Gasteiger partial charge in [-0.3, -0.25) is 0 Å². The van der Waals surface area contributed by atoms with Crippen molar-refractivity contribution >= 4 is 0 Å². The first-order valence-electron chi connectivity index (χ1n) is 23.3. The Bertz CT molecular complexity index is 1570. The first kappa shape index (κ1) is 46.4. The van der Waals surface area contributed by atoms with Crippen molar-refractivity contribution in [3.05, 3.63) is 0 Å². The molecule has 356 valence electrons. The van der Waals surface area contributed by atoms with Crippen LogP contribution in [0.4, 0.5) is 0 Å². The van der Waals surface area contributed by atoms with Gasteiger partial charge in [-0.2, -0.15) is 0 Å². The van der Waals surface area contributed by atoms with Crippen molar-refractivity contribution in [2.75, 3.05) is 26.4 Å². The minimum absolute atomic E-state index is 0.00541. The van der Waals surface area contributed by atoms with Crippen molar-refractivity contribution in [3.8, 4) is 0 Å². The van der Waals surface area contributed by atoms with Crippen LogP contribution in [0.3, 0.4) is 0 Å². The second kappa shape index (κ2) is 17.1. The van der Waals surface area contributed by atoms with Crippen molar-refractivity contribution in [3.63, 3.8) is 0 Å². The molecule has 0 amide bonds. The normalized spacial score (nSPS) is 58.9. The minimum atomic E-state index is -1.82. The third-order valence-corrected chi connectivity index (χ3v) is 18.1. The molecular formula is C44H72O18. The summed E-state index contributed by atoms with van der Waals surface area (Å²) in [5, 5.41) is 108. The molecule has 26 atom stereocenters. The van der Waals surface area contributed by atoms with E-state index in [-0.39, 0.29) is 35.6 Å². The van der Waals surface area contributed by atoms with E-state index < -0.39 is 111 Å². The Labute approximate surface area is 362 Å². The van der Waals surface area contributed by atoms with Gasteiger partial charge >= 0.3 is 0 Å². The SMILES string of the molecule is C[C@H]1CC[C@@]2(OC1)O[C@H]1C[C@H]3[C@@H]4CCC5C[C@@H](O[C@@H]6O[C@H](CO)[C@@H](O[C@@H]7OC[C@@H](O)[C@H](O)[C@H]7O)[C@H](O)[C@H]6O[C@@H]6O[C@H](CO)[C@@H](O)[C@H](O)[C@H]6O)CC[C@]5(C)[C@H]4CC[C@]3(C)[C@@]1(O)[C@@H]2C. The Morgan fingerprint density at radius 1 is 0.629 bits per heavy atom. The first-order valence-corrected chi connectivity index (χ1v) is 23.3. The molecule has 9 aliphatic rings. The maximum atomic E-state index is 12.8. The lowest BCUT2D eigenvalue weighted by atomic mass is 9.44. The Kier molecular flexibility index (Phi) is 12.8. The van der Waals surface area contributed by atoms with E-state index in [1.165, 1.54) is 0 Å². The van der Waals surface area contributed by atoms with Gasteiger partial charge in [-0.15, -0.1) is 0 Å². The Hall–Kier alpha value is -0.720. The predicted molar refractivity (Wildman–Crippen MR) is 211 cm³/mol. The molecule has 10 N–H and O–H groups in total. The quantitative estimate of drug-likeness (QED) is 0.131. The molecule has 9 rings (SSSR count). The molecule has 62 heavy (non-hydrogen) atoms. The fraction of sp³-hybridized carbons (Fsp3) is 1.00. The summed E-state index contributed by atoms with van der Waals surface area (Å²) in [7, 11) is 0. The van der Waals surface area contributed by atoms with E-state index >= 15 is 0 Å². The molecule has 0 bridgehead atoms. The molecule has 18 heteroatoms. The number of fused-ring (bicyclic) bond motifs is 7. The van der Waals surface area contributed by atoms with Crippen molar-refractivity contribution in [2.45, 2.75) is 202 Å². The summed E-state index contributed by atoms with van der Waals surface area (Å²) in [4.78, 5) is 0. The molecule has 1 spiro atoms. The average Bonchev–Trinajstić information content (AvgIpc) is 3.61. The molecule has 4 aliphatic carbocycles. The standard InChI is InChI=1S/C44H72O18/c1-19-7-12-43(56-17-19)20(2)44(54)29(62-43)14-25-23-6-5-21-13-22(8-10-41(21,3)24(23)9-11-42(25,44)4)57-40-37(61-39-34(52)32(50)31(49)27(15-45)58-39)35(53)36(28(16-46)59-40)60-38-33(51)30(48)26(47)18-55-38/h19-40,45-54H,5-18H2,1-4H3/t19-,20+,21?,22-,23+,24-,25-,26+,27+,28+,29-,30-,31+,32-,33+,34+,35-,36+,37+,38-,39-,40+,41-,42-,43+,44+/m0/s1. The fourth-order valence-electron chi connectivity index (χ4n) is 14.3. The predicted octanol–water partition coefficient (Wildman–Crippen LogP) is -0.980. The molecule has 0 aromatic rings. The lowest BCUT2D eigenvalue weighted by Gasteiger charge is -2.62. The van der Waals surface area contributed by atoms with E-state index in [1.54, 1.807) is 0 Å². The van der Waals surface area contributed by atoms with Crippen LogP contribution in [0.15, 0.2) is 0 Å². The molecule has 0 aromatic heterocycles. The van der Waals surface area contributed by atoms with Gasteiger partial charge in [0.25, 0.3) is 0 Å². The monoisotopic (exact) mass is 888 g/mol. The number of aliphatic hydroxyl groups excluding tert-OH is 9. The van der Waals surface area contributed by atoms with E-state index in [4.69, 9.17) is 37.9 Å². The molecule has 18 nitrogen and oxygen atoms in total. The highest BCUT2D eigenvalue weighted by atomic mass is 16.8. The van der Waals surface area contributed by atoms with Crippen LogP contribution >= 0.6 is 0 Å². The number of rotatable bonds is 8. The third-order valence-electron chi connectivity index (χ3n) is 18.1. The van der Waals surface area contributed by atoms with Crippen LogP contribution in [-0.4, -0.2) is 187 Å². The van der Waals surface area contributed by atoms with Gasteiger partial charge in [-0.1, -0.05) is 27.7 Å². The zero-order chi connectivity index (χ0) is 44.3. The van der Waals surface area contributed by atoms with Gasteiger partial charge in [0, 0.05) is 17.8 Å². The lowest BCUT2D eigenvalue weighted by Crippen LogP contribution is -2.66. The zero-order valence-corrected chi connectivity index (χ0v) is 36.3. The maximum Gasteiger partial charge on any atom is 0.187 e. The van der Waals surface area contributed by atoms with Crippen molar-refractivity contribution in [1.82, 2.24) is 0 Å². The molecule has 1 unspecified atom stereocenters. The van der Waals surface area contributed by atoms with Gasteiger partial charge in [0.15, 0.2) is 24.7 Å². The highest BCUT2D eigenvalue weighted by Gasteiger charge is 2.76. The van der Waals surface area contributed by atoms with E-state index in [0.717, 1.165) is 51.4 Å². The molecule has 4 saturated carbocycles. The van der Waals surface area contributed by atoms with Gasteiger partial charge in [0.2, 0.25) is 0 Å². The Morgan fingerprint density at radius 2 is 1.34 bits per heavy atom. The second-order valence-corrected chi connectivity index (χ2v) is 21.2. The average molecular weight is 889 g/mol. The van der Waals surface area contributed by atoms with Crippen LogP contribution in [-0.2, 0) is 37.9 Å². The van der Waals surface area contributed by atoms with Gasteiger partial charge in [-0.25, -0.2) is 0 Å². The highest BCUT2D eigenvalue weighted by Crippen LogP contribution is 2.72. The summed E-state index contributed by atoms with van der Waals surface area (Å²) in [5.74, 6) is 1.12. The van der Waals surface area contributed by atoms with E-state index in [0.29, 0.717) is 49.0 Å². The molecule has 5 aliphatic heterocycles. The summed E-state index contributed by atoms with van der Waals surface area (Å²) < 4.78 is 49.3. The maximum absolute atomic E-state index is 12.8. The van der Waals surface area contributed by atoms with E-state index in [1.807, 2.05) is 0 Å². The topological polar surface area (TPSA) is 276 Å². The van der Waals surface area contributed by atoms with Crippen molar-refractivity contribution < 1.29 is 89.0 Å². The van der Waals surface area contributed by atoms with Crippen molar-refractivity contribution in [1.29, 1.82) is 0 Å². The summed E-state index contributed by atoms with van der Waals surface area (Å²) in [5.41, 5.74) is -1.25. The molecule has 5 saturated heterocycles.